The summed E-state index contributed by atoms with van der Waals surface area (Å²) in [6.45, 7) is 17.6. The first-order valence-corrected chi connectivity index (χ1v) is 15.7. The van der Waals surface area contributed by atoms with Crippen molar-refractivity contribution in [1.29, 1.82) is 0 Å². The zero-order valence-electron chi connectivity index (χ0n) is 26.9. The van der Waals surface area contributed by atoms with E-state index in [1.165, 1.54) is 0 Å². The standard InChI is InChI=1S/C34H56O6/c1-11-40-31(4,5)28(37)25(35)20-21(29(38-9)39-10)22-14-18-34(8)24-12-13-26-30(2,3)27(36)16-17-32(26,6)23(24)15-19-33(22,34)7/h12,21-23,26,28-29,37H,11,13-20H2,1-10H3/t21-,22-,23-,26-,28+,32+,33-,34+/m0/s1. The molecule has 3 fully saturated rings. The molecule has 6 heteroatoms. The summed E-state index contributed by atoms with van der Waals surface area (Å²) in [7, 11) is 3.30. The molecular formula is C34H56O6. The lowest BCUT2D eigenvalue weighted by molar-refractivity contribution is -0.177. The molecule has 4 rings (SSSR count). The summed E-state index contributed by atoms with van der Waals surface area (Å²) >= 11 is 0. The molecule has 0 saturated heterocycles. The van der Waals surface area contributed by atoms with Crippen molar-refractivity contribution in [3.05, 3.63) is 11.6 Å². The fourth-order valence-electron chi connectivity index (χ4n) is 10.3. The van der Waals surface area contributed by atoms with E-state index in [2.05, 4.69) is 40.7 Å². The zero-order valence-corrected chi connectivity index (χ0v) is 26.9. The topological polar surface area (TPSA) is 82.1 Å². The van der Waals surface area contributed by atoms with Crippen molar-refractivity contribution in [1.82, 2.24) is 0 Å². The second-order valence-electron chi connectivity index (χ2n) is 15.2. The Morgan fingerprint density at radius 2 is 1.73 bits per heavy atom. The van der Waals surface area contributed by atoms with Gasteiger partial charge in [-0.25, -0.2) is 0 Å². The van der Waals surface area contributed by atoms with Gasteiger partial charge in [-0.15, -0.1) is 0 Å². The van der Waals surface area contributed by atoms with Gasteiger partial charge < -0.3 is 19.3 Å². The van der Waals surface area contributed by atoms with E-state index in [1.54, 1.807) is 33.6 Å². The van der Waals surface area contributed by atoms with Crippen molar-refractivity contribution in [2.24, 2.45) is 45.3 Å². The fraction of sp³-hybridized carbons (Fsp3) is 0.882. The third kappa shape index (κ3) is 4.68. The zero-order chi connectivity index (χ0) is 29.9. The Kier molecular flexibility index (Phi) is 8.66. The van der Waals surface area contributed by atoms with Crippen molar-refractivity contribution in [3.63, 3.8) is 0 Å². The van der Waals surface area contributed by atoms with E-state index in [-0.39, 0.29) is 45.7 Å². The quantitative estimate of drug-likeness (QED) is 0.242. The minimum absolute atomic E-state index is 0.0106. The number of ether oxygens (including phenoxy) is 3. The maximum atomic E-state index is 13.5. The predicted octanol–water partition coefficient (Wildman–Crippen LogP) is 6.53. The summed E-state index contributed by atoms with van der Waals surface area (Å²) in [6, 6.07) is 0. The molecule has 0 spiro atoms. The Bertz CT molecular complexity index is 1010. The third-order valence-corrected chi connectivity index (χ3v) is 12.9. The number of aliphatic hydroxyl groups excluding tert-OH is 1. The molecule has 1 N–H and O–H groups in total. The predicted molar refractivity (Wildman–Crippen MR) is 157 cm³/mol. The van der Waals surface area contributed by atoms with Gasteiger partial charge in [0.1, 0.15) is 11.9 Å². The smallest absolute Gasteiger partial charge is 0.164 e. The molecule has 40 heavy (non-hydrogen) atoms. The maximum absolute atomic E-state index is 13.5. The number of allylic oxidation sites excluding steroid dienone is 2. The van der Waals surface area contributed by atoms with Crippen LogP contribution in [0.15, 0.2) is 11.6 Å². The Balaban J connectivity index is 1.67. The highest BCUT2D eigenvalue weighted by atomic mass is 16.7. The van der Waals surface area contributed by atoms with Crippen LogP contribution in [0.25, 0.3) is 0 Å². The second kappa shape index (κ2) is 10.9. The van der Waals surface area contributed by atoms with Crippen molar-refractivity contribution in [3.8, 4) is 0 Å². The first-order chi connectivity index (χ1) is 18.5. The number of ketones is 2. The molecule has 0 aromatic heterocycles. The van der Waals surface area contributed by atoms with Crippen LogP contribution in [0.1, 0.15) is 107 Å². The second-order valence-corrected chi connectivity index (χ2v) is 15.2. The van der Waals surface area contributed by atoms with Crippen molar-refractivity contribution < 1.29 is 28.9 Å². The molecule has 4 aliphatic carbocycles. The first-order valence-electron chi connectivity index (χ1n) is 15.7. The van der Waals surface area contributed by atoms with Crippen LogP contribution >= 0.6 is 0 Å². The van der Waals surface area contributed by atoms with E-state index >= 15 is 0 Å². The molecule has 8 atom stereocenters. The van der Waals surface area contributed by atoms with E-state index in [0.29, 0.717) is 30.6 Å². The minimum atomic E-state index is -1.21. The van der Waals surface area contributed by atoms with Crippen molar-refractivity contribution >= 4 is 11.6 Å². The summed E-state index contributed by atoms with van der Waals surface area (Å²) in [5.74, 6) is 1.13. The Labute approximate surface area is 243 Å². The van der Waals surface area contributed by atoms with Crippen LogP contribution in [0.2, 0.25) is 0 Å². The van der Waals surface area contributed by atoms with E-state index in [0.717, 1.165) is 38.5 Å². The molecule has 3 saturated carbocycles. The van der Waals surface area contributed by atoms with Gasteiger partial charge in [0.15, 0.2) is 12.1 Å². The van der Waals surface area contributed by atoms with Crippen LogP contribution in [0.3, 0.4) is 0 Å². The highest BCUT2D eigenvalue weighted by molar-refractivity contribution is 5.85. The number of hydrogen-bond acceptors (Lipinski definition) is 6. The number of carbonyl (C=O) groups excluding carboxylic acids is 2. The van der Waals surface area contributed by atoms with E-state index < -0.39 is 18.0 Å². The number of Topliss-reactive ketones (excluding diaryl/α,β-unsaturated/α-hetero) is 2. The van der Waals surface area contributed by atoms with Gasteiger partial charge >= 0.3 is 0 Å². The SMILES string of the molecule is CCOC(C)(C)[C@H](O)C(=O)C[C@H](C(OC)OC)[C@@H]1CC[C@]2(C)C3=CC[C@H]4C(C)(C)C(=O)CC[C@]4(C)[C@H]3CC[C@@]12C. The Hall–Kier alpha value is -1.08. The average Bonchev–Trinajstić information content (AvgIpc) is 3.17. The van der Waals surface area contributed by atoms with Crippen LogP contribution in [-0.4, -0.2) is 55.5 Å². The van der Waals surface area contributed by atoms with Gasteiger partial charge in [-0.3, -0.25) is 9.59 Å². The number of carbonyl (C=O) groups is 2. The summed E-state index contributed by atoms with van der Waals surface area (Å²) in [5, 5.41) is 11.0. The minimum Gasteiger partial charge on any atom is -0.382 e. The molecule has 0 unspecified atom stereocenters. The number of aliphatic hydroxyl groups is 1. The van der Waals surface area contributed by atoms with Crippen molar-refractivity contribution in [2.45, 2.75) is 125 Å². The number of methoxy groups -OCH3 is 2. The summed E-state index contributed by atoms with van der Waals surface area (Å²) in [6.07, 6.45) is 7.86. The lowest BCUT2D eigenvalue weighted by atomic mass is 9.41. The Morgan fingerprint density at radius 1 is 1.07 bits per heavy atom. The molecule has 0 bridgehead atoms. The average molecular weight is 561 g/mol. The van der Waals surface area contributed by atoms with Gasteiger partial charge in [0.2, 0.25) is 0 Å². The largest absolute Gasteiger partial charge is 0.382 e. The van der Waals surface area contributed by atoms with Crippen LogP contribution in [0.4, 0.5) is 0 Å². The van der Waals surface area contributed by atoms with Crippen LogP contribution in [-0.2, 0) is 23.8 Å². The molecule has 0 radical (unpaired) electrons. The van der Waals surface area contributed by atoms with Gasteiger partial charge in [0, 0.05) is 45.0 Å². The van der Waals surface area contributed by atoms with E-state index in [1.807, 2.05) is 6.92 Å². The van der Waals surface area contributed by atoms with Gasteiger partial charge in [0.25, 0.3) is 0 Å². The molecular weight excluding hydrogens is 504 g/mol. The lowest BCUT2D eigenvalue weighted by Crippen LogP contribution is -2.57. The van der Waals surface area contributed by atoms with Gasteiger partial charge in [-0.2, -0.15) is 0 Å². The highest BCUT2D eigenvalue weighted by Crippen LogP contribution is 2.73. The van der Waals surface area contributed by atoms with E-state index in [4.69, 9.17) is 14.2 Å². The van der Waals surface area contributed by atoms with Crippen LogP contribution in [0.5, 0.6) is 0 Å². The Morgan fingerprint density at radius 3 is 2.33 bits per heavy atom. The highest BCUT2D eigenvalue weighted by Gasteiger charge is 2.66. The molecule has 228 valence electrons. The molecule has 0 aliphatic heterocycles. The van der Waals surface area contributed by atoms with Crippen molar-refractivity contribution in [2.75, 3.05) is 20.8 Å². The summed E-state index contributed by atoms with van der Waals surface area (Å²) < 4.78 is 17.4. The molecule has 0 heterocycles. The van der Waals surface area contributed by atoms with Gasteiger partial charge in [0.05, 0.1) is 5.60 Å². The lowest BCUT2D eigenvalue weighted by Gasteiger charge is -2.63. The van der Waals surface area contributed by atoms with Gasteiger partial charge in [-0.05, 0) is 93.3 Å². The van der Waals surface area contributed by atoms with E-state index in [9.17, 15) is 14.7 Å². The molecule has 4 aliphatic rings. The first kappa shape index (κ1) is 31.8. The summed E-state index contributed by atoms with van der Waals surface area (Å²) in [4.78, 5) is 26.5. The molecule has 0 aromatic carbocycles. The maximum Gasteiger partial charge on any atom is 0.164 e. The normalized spacial score (nSPS) is 38.8. The number of rotatable bonds is 10. The molecule has 0 aromatic rings. The number of hydrogen-bond donors (Lipinski definition) is 1. The van der Waals surface area contributed by atoms with Crippen LogP contribution in [0, 0.1) is 45.3 Å². The molecule has 6 nitrogen and oxygen atoms in total. The fourth-order valence-corrected chi connectivity index (χ4v) is 10.3. The van der Waals surface area contributed by atoms with Crippen LogP contribution < -0.4 is 0 Å². The number of fused-ring (bicyclic) bond motifs is 5. The monoisotopic (exact) mass is 560 g/mol. The molecule has 0 amide bonds. The van der Waals surface area contributed by atoms with Gasteiger partial charge in [-0.1, -0.05) is 46.3 Å². The summed E-state index contributed by atoms with van der Waals surface area (Å²) in [5.41, 5.74) is 0.486. The third-order valence-electron chi connectivity index (χ3n) is 12.9.